The van der Waals surface area contributed by atoms with E-state index in [2.05, 4.69) is 4.98 Å². The molecule has 21 heavy (non-hydrogen) atoms. The number of hydrogen-bond donors (Lipinski definition) is 2. The Bertz CT molecular complexity index is 753. The van der Waals surface area contributed by atoms with E-state index in [4.69, 9.17) is 5.11 Å². The molecule has 0 unspecified atom stereocenters. The first-order valence-corrected chi connectivity index (χ1v) is 6.79. The molecule has 0 fully saturated rings. The second kappa shape index (κ2) is 4.79. The number of carboxylic acid groups (broad SMARTS) is 1. The van der Waals surface area contributed by atoms with Crippen LogP contribution in [0.1, 0.15) is 30.4 Å². The zero-order valence-electron chi connectivity index (χ0n) is 11.2. The fraction of sp³-hybridized carbons (Fsp3) is 0.400. The fourth-order valence-corrected chi connectivity index (χ4v) is 3.06. The predicted octanol–water partition coefficient (Wildman–Crippen LogP) is 1.80. The van der Waals surface area contributed by atoms with Crippen LogP contribution in [0.5, 0.6) is 0 Å². The highest BCUT2D eigenvalue weighted by Gasteiger charge is 2.36. The van der Waals surface area contributed by atoms with E-state index in [0.29, 0.717) is 10.9 Å². The lowest BCUT2D eigenvalue weighted by Crippen LogP contribution is -2.25. The molecular formula is C15H14F3NO2. The average Bonchev–Trinajstić information content (AvgIpc) is 2.76. The number of hydrogen-bond acceptors (Lipinski definition) is 1. The minimum absolute atomic E-state index is 0.179. The Labute approximate surface area is 118 Å². The van der Waals surface area contributed by atoms with Crippen LogP contribution in [-0.2, 0) is 17.6 Å². The van der Waals surface area contributed by atoms with E-state index in [9.17, 15) is 18.0 Å². The molecule has 0 aromatic carbocycles. The molecule has 112 valence electrons. The lowest BCUT2D eigenvalue weighted by Gasteiger charge is -2.17. The molecule has 1 aromatic heterocycles. The highest BCUT2D eigenvalue weighted by atomic mass is 19.4. The van der Waals surface area contributed by atoms with Gasteiger partial charge < -0.3 is 10.1 Å². The zero-order valence-corrected chi connectivity index (χ0v) is 11.2. The number of allylic oxidation sites excluding steroid dienone is 2. The molecule has 2 aliphatic rings. The molecule has 2 N–H and O–H groups in total. The van der Waals surface area contributed by atoms with Gasteiger partial charge in [-0.3, -0.25) is 4.79 Å². The van der Waals surface area contributed by atoms with Gasteiger partial charge in [0.1, 0.15) is 0 Å². The SMILES string of the molecule is O=C(O)CC1=c2[nH]c3c(c2CC(C(F)(F)F)=C1)CCCC=3. The van der Waals surface area contributed by atoms with Gasteiger partial charge in [-0.25, -0.2) is 0 Å². The Balaban J connectivity index is 2.22. The molecule has 0 amide bonds. The van der Waals surface area contributed by atoms with Crippen LogP contribution in [0.2, 0.25) is 0 Å². The van der Waals surface area contributed by atoms with E-state index in [-0.39, 0.29) is 12.0 Å². The first-order valence-electron chi connectivity index (χ1n) is 6.79. The predicted molar refractivity (Wildman–Crippen MR) is 70.9 cm³/mol. The van der Waals surface area contributed by atoms with Crippen molar-refractivity contribution in [2.45, 2.75) is 38.3 Å². The zero-order chi connectivity index (χ0) is 15.2. The van der Waals surface area contributed by atoms with Gasteiger partial charge in [0.2, 0.25) is 0 Å². The second-order valence-corrected chi connectivity index (χ2v) is 5.41. The molecule has 1 aromatic rings. The van der Waals surface area contributed by atoms with Crippen LogP contribution in [0.25, 0.3) is 11.6 Å². The summed E-state index contributed by atoms with van der Waals surface area (Å²) in [5.41, 5.74) is 1.07. The molecule has 0 atom stereocenters. The number of nitrogens with one attached hydrogen (secondary N) is 1. The Morgan fingerprint density at radius 1 is 1.33 bits per heavy atom. The Hall–Kier alpha value is -1.98. The minimum Gasteiger partial charge on any atom is -0.481 e. The number of carboxylic acids is 1. The van der Waals surface area contributed by atoms with E-state index < -0.39 is 24.1 Å². The van der Waals surface area contributed by atoms with E-state index in [1.807, 2.05) is 6.08 Å². The van der Waals surface area contributed by atoms with E-state index in [1.165, 1.54) is 0 Å². The number of aromatic nitrogens is 1. The van der Waals surface area contributed by atoms with Crippen molar-refractivity contribution in [3.8, 4) is 0 Å². The van der Waals surface area contributed by atoms with Crippen molar-refractivity contribution in [3.05, 3.63) is 33.5 Å². The highest BCUT2D eigenvalue weighted by Crippen LogP contribution is 2.32. The van der Waals surface area contributed by atoms with Crippen LogP contribution < -0.4 is 10.7 Å². The van der Waals surface area contributed by atoms with Crippen molar-refractivity contribution in [1.82, 2.24) is 4.98 Å². The van der Waals surface area contributed by atoms with Gasteiger partial charge in [0.05, 0.1) is 6.42 Å². The van der Waals surface area contributed by atoms with Gasteiger partial charge in [-0.1, -0.05) is 6.08 Å². The molecule has 2 aliphatic carbocycles. The topological polar surface area (TPSA) is 53.1 Å². The van der Waals surface area contributed by atoms with Gasteiger partial charge in [0, 0.05) is 22.7 Å². The standard InChI is InChI=1S/C15H14F3NO2/c16-15(17,18)9-5-8(6-13(20)21)14-11(7-9)10-3-1-2-4-12(10)19-14/h4-5,19H,1-3,6-7H2,(H,20,21). The summed E-state index contributed by atoms with van der Waals surface area (Å²) in [6, 6.07) is 0. The number of H-pyrrole nitrogens is 1. The summed E-state index contributed by atoms with van der Waals surface area (Å²) in [6.45, 7) is 0. The summed E-state index contributed by atoms with van der Waals surface area (Å²) in [7, 11) is 0. The molecule has 0 bridgehead atoms. The van der Waals surface area contributed by atoms with Gasteiger partial charge in [0.15, 0.2) is 0 Å². The molecule has 3 rings (SSSR count). The number of fused-ring (bicyclic) bond motifs is 3. The van der Waals surface area contributed by atoms with Crippen molar-refractivity contribution in [1.29, 1.82) is 0 Å². The lowest BCUT2D eigenvalue weighted by molar-refractivity contribution is -0.135. The van der Waals surface area contributed by atoms with E-state index in [1.54, 1.807) is 0 Å². The largest absolute Gasteiger partial charge is 0.481 e. The molecule has 0 aliphatic heterocycles. The van der Waals surface area contributed by atoms with Crippen LogP contribution in [0.3, 0.4) is 0 Å². The first-order chi connectivity index (χ1) is 9.86. The minimum atomic E-state index is -4.43. The number of aromatic amines is 1. The number of alkyl halides is 3. The maximum absolute atomic E-state index is 13.0. The summed E-state index contributed by atoms with van der Waals surface area (Å²) in [4.78, 5) is 14.0. The van der Waals surface area contributed by atoms with Gasteiger partial charge in [0.25, 0.3) is 0 Å². The van der Waals surface area contributed by atoms with Crippen molar-refractivity contribution < 1.29 is 23.1 Å². The normalized spacial score (nSPS) is 17.7. The summed E-state index contributed by atoms with van der Waals surface area (Å²) < 4.78 is 39.1. The molecule has 3 nitrogen and oxygen atoms in total. The Kier molecular flexibility index (Phi) is 3.19. The molecule has 1 heterocycles. The number of halogens is 3. The molecule has 0 saturated carbocycles. The van der Waals surface area contributed by atoms with Crippen LogP contribution in [0.4, 0.5) is 13.2 Å². The highest BCUT2D eigenvalue weighted by molar-refractivity contribution is 5.82. The summed E-state index contributed by atoms with van der Waals surface area (Å²) in [6.07, 6.45) is 0.485. The van der Waals surface area contributed by atoms with Crippen molar-refractivity contribution in [3.63, 3.8) is 0 Å². The number of aliphatic carboxylic acids is 1. The van der Waals surface area contributed by atoms with Gasteiger partial charge in [-0.2, -0.15) is 13.2 Å². The van der Waals surface area contributed by atoms with Gasteiger partial charge in [-0.05, 0) is 42.0 Å². The van der Waals surface area contributed by atoms with Crippen LogP contribution in [0.15, 0.2) is 11.6 Å². The molecule has 0 saturated heterocycles. The van der Waals surface area contributed by atoms with Crippen LogP contribution >= 0.6 is 0 Å². The van der Waals surface area contributed by atoms with Crippen molar-refractivity contribution in [2.75, 3.05) is 0 Å². The van der Waals surface area contributed by atoms with Crippen molar-refractivity contribution >= 4 is 17.6 Å². The Morgan fingerprint density at radius 2 is 2.10 bits per heavy atom. The fourth-order valence-electron chi connectivity index (χ4n) is 3.06. The number of rotatable bonds is 2. The third-order valence-corrected chi connectivity index (χ3v) is 3.97. The van der Waals surface area contributed by atoms with Crippen LogP contribution in [-0.4, -0.2) is 22.2 Å². The summed E-state index contributed by atoms with van der Waals surface area (Å²) in [5, 5.41) is 10.3. The average molecular weight is 297 g/mol. The monoisotopic (exact) mass is 297 g/mol. The maximum Gasteiger partial charge on any atom is 0.413 e. The summed E-state index contributed by atoms with van der Waals surface area (Å²) in [5.74, 6) is -1.13. The number of carbonyl (C=O) groups is 1. The molecule has 0 radical (unpaired) electrons. The van der Waals surface area contributed by atoms with E-state index >= 15 is 0 Å². The Morgan fingerprint density at radius 3 is 2.76 bits per heavy atom. The van der Waals surface area contributed by atoms with Gasteiger partial charge >= 0.3 is 12.1 Å². The van der Waals surface area contributed by atoms with Crippen LogP contribution in [0, 0.1) is 0 Å². The smallest absolute Gasteiger partial charge is 0.413 e. The second-order valence-electron chi connectivity index (χ2n) is 5.41. The maximum atomic E-state index is 13.0. The first kappa shape index (κ1) is 14.0. The van der Waals surface area contributed by atoms with Gasteiger partial charge in [-0.15, -0.1) is 0 Å². The quantitative estimate of drug-likeness (QED) is 0.874. The van der Waals surface area contributed by atoms with E-state index in [0.717, 1.165) is 36.3 Å². The third kappa shape index (κ3) is 2.50. The lowest BCUT2D eigenvalue weighted by atomic mass is 9.90. The molecular weight excluding hydrogens is 283 g/mol. The van der Waals surface area contributed by atoms with Crippen molar-refractivity contribution in [2.24, 2.45) is 0 Å². The summed E-state index contributed by atoms with van der Waals surface area (Å²) >= 11 is 0. The molecule has 6 heteroatoms. The molecule has 0 spiro atoms. The third-order valence-electron chi connectivity index (χ3n) is 3.97.